The van der Waals surface area contributed by atoms with Gasteiger partial charge in [0.05, 0.1) is 13.2 Å². The Morgan fingerprint density at radius 1 is 0.442 bits per heavy atom. The molecule has 0 saturated heterocycles. The fourth-order valence-corrected chi connectivity index (χ4v) is 5.32. The molecular formula is C47H78O5. The van der Waals surface area contributed by atoms with Gasteiger partial charge in [0.15, 0.2) is 6.10 Å². The first-order valence-electron chi connectivity index (χ1n) is 21.1. The van der Waals surface area contributed by atoms with Crippen molar-refractivity contribution in [3.63, 3.8) is 0 Å². The number of carbonyl (C=O) groups is 2. The van der Waals surface area contributed by atoms with Gasteiger partial charge < -0.3 is 14.2 Å². The molecule has 0 spiro atoms. The molecule has 0 aliphatic carbocycles. The molecule has 1 atom stereocenters. The summed E-state index contributed by atoms with van der Waals surface area (Å²) in [5.41, 5.74) is 0. The summed E-state index contributed by atoms with van der Waals surface area (Å²) in [6, 6.07) is 0. The van der Waals surface area contributed by atoms with Crippen molar-refractivity contribution in [1.29, 1.82) is 0 Å². The maximum absolute atomic E-state index is 12.6. The lowest BCUT2D eigenvalue weighted by Crippen LogP contribution is -2.30. The molecule has 1 unspecified atom stereocenters. The van der Waals surface area contributed by atoms with E-state index in [9.17, 15) is 9.59 Å². The van der Waals surface area contributed by atoms with Crippen molar-refractivity contribution in [3.05, 3.63) is 85.1 Å². The van der Waals surface area contributed by atoms with Crippen molar-refractivity contribution < 1.29 is 23.8 Å². The van der Waals surface area contributed by atoms with E-state index in [1.165, 1.54) is 44.9 Å². The highest BCUT2D eigenvalue weighted by atomic mass is 16.6. The zero-order valence-electron chi connectivity index (χ0n) is 33.8. The van der Waals surface area contributed by atoms with Crippen LogP contribution in [0.15, 0.2) is 85.1 Å². The van der Waals surface area contributed by atoms with E-state index in [1.54, 1.807) is 0 Å². The normalized spacial score (nSPS) is 13.1. The van der Waals surface area contributed by atoms with Crippen LogP contribution in [0.4, 0.5) is 0 Å². The first-order valence-corrected chi connectivity index (χ1v) is 21.1. The fourth-order valence-electron chi connectivity index (χ4n) is 5.32. The number of unbranched alkanes of at least 4 members (excludes halogenated alkanes) is 12. The molecule has 0 rings (SSSR count). The quantitative estimate of drug-likeness (QED) is 0.0363. The zero-order chi connectivity index (χ0) is 37.8. The minimum absolute atomic E-state index is 0.0449. The molecule has 0 aromatic rings. The average Bonchev–Trinajstić information content (AvgIpc) is 3.14. The maximum Gasteiger partial charge on any atom is 0.306 e. The molecule has 0 heterocycles. The van der Waals surface area contributed by atoms with Crippen LogP contribution in [0.2, 0.25) is 0 Å². The van der Waals surface area contributed by atoms with Crippen LogP contribution in [-0.2, 0) is 23.8 Å². The molecule has 0 fully saturated rings. The number of carbonyl (C=O) groups excluding carboxylic acids is 2. The van der Waals surface area contributed by atoms with Gasteiger partial charge in [-0.1, -0.05) is 170 Å². The number of rotatable bonds is 37. The van der Waals surface area contributed by atoms with E-state index in [0.29, 0.717) is 19.4 Å². The van der Waals surface area contributed by atoms with Crippen LogP contribution < -0.4 is 0 Å². The molecule has 0 radical (unpaired) electrons. The average molecular weight is 723 g/mol. The molecule has 0 saturated carbocycles. The van der Waals surface area contributed by atoms with Gasteiger partial charge in [0, 0.05) is 12.8 Å². The van der Waals surface area contributed by atoms with E-state index >= 15 is 0 Å². The van der Waals surface area contributed by atoms with Crippen molar-refractivity contribution in [2.24, 2.45) is 0 Å². The van der Waals surface area contributed by atoms with Crippen LogP contribution in [0.5, 0.6) is 0 Å². The van der Waals surface area contributed by atoms with Crippen LogP contribution in [0, 0.1) is 0 Å². The molecule has 0 bridgehead atoms. The lowest BCUT2D eigenvalue weighted by atomic mass is 10.1. The van der Waals surface area contributed by atoms with Gasteiger partial charge in [0.2, 0.25) is 0 Å². The predicted molar refractivity (Wildman–Crippen MR) is 223 cm³/mol. The molecule has 0 aliphatic heterocycles. The van der Waals surface area contributed by atoms with Crippen LogP contribution in [0.1, 0.15) is 175 Å². The van der Waals surface area contributed by atoms with E-state index in [2.05, 4.69) is 106 Å². The van der Waals surface area contributed by atoms with Gasteiger partial charge in [0.25, 0.3) is 0 Å². The molecule has 5 nitrogen and oxygen atoms in total. The van der Waals surface area contributed by atoms with Crippen molar-refractivity contribution in [3.8, 4) is 0 Å². The lowest BCUT2D eigenvalue weighted by Gasteiger charge is -2.18. The second-order valence-corrected chi connectivity index (χ2v) is 13.5. The third-order valence-electron chi connectivity index (χ3n) is 8.42. The summed E-state index contributed by atoms with van der Waals surface area (Å²) in [5, 5.41) is 0. The summed E-state index contributed by atoms with van der Waals surface area (Å²) in [4.78, 5) is 25.0. The zero-order valence-corrected chi connectivity index (χ0v) is 33.8. The Hall–Kier alpha value is -2.92. The van der Waals surface area contributed by atoms with Gasteiger partial charge in [0.1, 0.15) is 6.61 Å². The van der Waals surface area contributed by atoms with Crippen LogP contribution in [0.3, 0.4) is 0 Å². The number of hydrogen-bond acceptors (Lipinski definition) is 5. The highest BCUT2D eigenvalue weighted by Crippen LogP contribution is 2.11. The van der Waals surface area contributed by atoms with Crippen molar-refractivity contribution in [2.45, 2.75) is 181 Å². The highest BCUT2D eigenvalue weighted by molar-refractivity contribution is 5.70. The SMILES string of the molecule is CC/C=C\C/C=C\C/C=C\C/C=C\C/C=C\CCOCC(COC(=O)CCCCCCC/C=C\C/C=C\CCC)OC(=O)CCCCCCCCC. The first-order chi connectivity index (χ1) is 25.6. The highest BCUT2D eigenvalue weighted by Gasteiger charge is 2.17. The molecule has 0 aromatic carbocycles. The van der Waals surface area contributed by atoms with E-state index < -0.39 is 6.10 Å². The minimum Gasteiger partial charge on any atom is -0.462 e. The van der Waals surface area contributed by atoms with Crippen LogP contribution in [-0.4, -0.2) is 37.9 Å². The van der Waals surface area contributed by atoms with E-state index in [-0.39, 0.29) is 25.2 Å². The summed E-state index contributed by atoms with van der Waals surface area (Å²) in [5.74, 6) is -0.468. The smallest absolute Gasteiger partial charge is 0.306 e. The van der Waals surface area contributed by atoms with Gasteiger partial charge in [-0.2, -0.15) is 0 Å². The molecular weight excluding hydrogens is 645 g/mol. The fraction of sp³-hybridized carbons (Fsp3) is 0.660. The second-order valence-electron chi connectivity index (χ2n) is 13.5. The van der Waals surface area contributed by atoms with Gasteiger partial charge >= 0.3 is 11.9 Å². The van der Waals surface area contributed by atoms with Crippen molar-refractivity contribution >= 4 is 11.9 Å². The summed E-state index contributed by atoms with van der Waals surface area (Å²) >= 11 is 0. The van der Waals surface area contributed by atoms with E-state index in [0.717, 1.165) is 96.3 Å². The van der Waals surface area contributed by atoms with Crippen LogP contribution in [0.25, 0.3) is 0 Å². The first kappa shape index (κ1) is 49.1. The minimum atomic E-state index is -0.579. The van der Waals surface area contributed by atoms with Gasteiger partial charge in [-0.3, -0.25) is 9.59 Å². The van der Waals surface area contributed by atoms with Crippen molar-refractivity contribution in [2.75, 3.05) is 19.8 Å². The number of esters is 2. The lowest BCUT2D eigenvalue weighted by molar-refractivity contribution is -0.162. The Morgan fingerprint density at radius 2 is 0.904 bits per heavy atom. The van der Waals surface area contributed by atoms with Crippen molar-refractivity contribution in [1.82, 2.24) is 0 Å². The Kier molecular flexibility index (Phi) is 40.1. The molecule has 0 aliphatic rings. The van der Waals surface area contributed by atoms with E-state index in [1.807, 2.05) is 0 Å². The Bertz CT molecular complexity index is 999. The summed E-state index contributed by atoms with van der Waals surface area (Å²) in [6.07, 6.45) is 54.6. The van der Waals surface area contributed by atoms with Gasteiger partial charge in [-0.05, 0) is 77.0 Å². The Morgan fingerprint density at radius 3 is 1.46 bits per heavy atom. The molecule has 0 N–H and O–H groups in total. The van der Waals surface area contributed by atoms with E-state index in [4.69, 9.17) is 14.2 Å². The maximum atomic E-state index is 12.6. The molecule has 52 heavy (non-hydrogen) atoms. The van der Waals surface area contributed by atoms with Gasteiger partial charge in [-0.15, -0.1) is 0 Å². The predicted octanol–water partition coefficient (Wildman–Crippen LogP) is 13.8. The summed E-state index contributed by atoms with van der Waals surface area (Å²) in [6.45, 7) is 7.36. The second kappa shape index (κ2) is 42.5. The third kappa shape index (κ3) is 39.9. The summed E-state index contributed by atoms with van der Waals surface area (Å²) in [7, 11) is 0. The molecule has 0 aromatic heterocycles. The number of hydrogen-bond donors (Lipinski definition) is 0. The Labute approximate surface area is 320 Å². The summed E-state index contributed by atoms with van der Waals surface area (Å²) < 4.78 is 17.1. The third-order valence-corrected chi connectivity index (χ3v) is 8.42. The molecule has 5 heteroatoms. The van der Waals surface area contributed by atoms with Gasteiger partial charge in [-0.25, -0.2) is 0 Å². The molecule has 296 valence electrons. The largest absolute Gasteiger partial charge is 0.462 e. The monoisotopic (exact) mass is 723 g/mol. The standard InChI is InChI=1S/C47H78O5/c1-4-7-10-13-16-18-20-22-23-24-26-28-30-33-36-39-42-50-43-45(52-47(49)41-38-35-31-15-12-9-6-3)44-51-46(48)40-37-34-32-29-27-25-21-19-17-14-11-8-5-2/h7,10-11,14,16,18-19,21-23,26,28,33,36,45H,4-6,8-9,12-13,15,17,20,24-25,27,29-32,34-35,37-44H2,1-3H3/b10-7-,14-11-,18-16-,21-19-,23-22-,28-26-,36-33-. The number of ether oxygens (including phenoxy) is 3. The number of allylic oxidation sites excluding steroid dienone is 13. The Balaban J connectivity index is 4.34. The topological polar surface area (TPSA) is 61.8 Å². The molecule has 0 amide bonds. The van der Waals surface area contributed by atoms with Crippen LogP contribution >= 0.6 is 0 Å².